The predicted molar refractivity (Wildman–Crippen MR) is 44.0 cm³/mol. The summed E-state index contributed by atoms with van der Waals surface area (Å²) >= 11 is 0. The molecule has 64 valence electrons. The van der Waals surface area contributed by atoms with Crippen molar-refractivity contribution in [3.63, 3.8) is 0 Å². The second-order valence-corrected chi connectivity index (χ2v) is 3.20. The van der Waals surface area contributed by atoms with Gasteiger partial charge in [-0.1, -0.05) is 6.92 Å². The monoisotopic (exact) mass is 156 g/mol. The van der Waals surface area contributed by atoms with Gasteiger partial charge in [0.2, 0.25) is 5.91 Å². The van der Waals surface area contributed by atoms with Gasteiger partial charge in [0.25, 0.3) is 0 Å². The summed E-state index contributed by atoms with van der Waals surface area (Å²) < 4.78 is 0. The lowest BCUT2D eigenvalue weighted by Gasteiger charge is -2.08. The van der Waals surface area contributed by atoms with Crippen LogP contribution < -0.4 is 11.1 Å². The third-order valence-corrected chi connectivity index (χ3v) is 2.04. The molecular formula is C8H16N2O. The molecule has 1 atom stereocenters. The molecule has 0 saturated heterocycles. The maximum absolute atomic E-state index is 11.1. The standard InChI is InChI=1S/C8H16N2O/c1-2-7(9)8(11)10-5-6-3-4-6/h6-7H,2-5,9H2,1H3,(H,10,11)/t7-/m1/s1. The zero-order valence-electron chi connectivity index (χ0n) is 6.97. The highest BCUT2D eigenvalue weighted by Gasteiger charge is 2.22. The molecular weight excluding hydrogens is 140 g/mol. The minimum Gasteiger partial charge on any atom is -0.354 e. The molecule has 0 bridgehead atoms. The highest BCUT2D eigenvalue weighted by Crippen LogP contribution is 2.27. The third-order valence-electron chi connectivity index (χ3n) is 2.04. The first-order valence-electron chi connectivity index (χ1n) is 4.27. The van der Waals surface area contributed by atoms with Crippen molar-refractivity contribution in [2.75, 3.05) is 6.54 Å². The summed E-state index contributed by atoms with van der Waals surface area (Å²) in [7, 11) is 0. The number of carbonyl (C=O) groups excluding carboxylic acids is 1. The van der Waals surface area contributed by atoms with Crippen LogP contribution >= 0.6 is 0 Å². The topological polar surface area (TPSA) is 55.1 Å². The molecule has 0 unspecified atom stereocenters. The molecule has 0 spiro atoms. The molecule has 3 N–H and O–H groups in total. The summed E-state index contributed by atoms with van der Waals surface area (Å²) in [5.74, 6) is 0.738. The summed E-state index contributed by atoms with van der Waals surface area (Å²) in [5.41, 5.74) is 5.51. The van der Waals surface area contributed by atoms with Crippen LogP contribution in [-0.2, 0) is 4.79 Å². The minimum atomic E-state index is -0.311. The lowest BCUT2D eigenvalue weighted by molar-refractivity contribution is -0.122. The first-order valence-corrected chi connectivity index (χ1v) is 4.27. The number of hydrogen-bond acceptors (Lipinski definition) is 2. The van der Waals surface area contributed by atoms with E-state index in [0.29, 0.717) is 0 Å². The molecule has 0 aliphatic heterocycles. The molecule has 0 radical (unpaired) electrons. The molecule has 3 heteroatoms. The Labute approximate surface area is 67.3 Å². The van der Waals surface area contributed by atoms with Crippen molar-refractivity contribution < 1.29 is 4.79 Å². The van der Waals surface area contributed by atoms with E-state index in [4.69, 9.17) is 5.73 Å². The number of carbonyl (C=O) groups is 1. The van der Waals surface area contributed by atoms with Gasteiger partial charge in [0.1, 0.15) is 0 Å². The SMILES string of the molecule is CC[C@@H](N)C(=O)NCC1CC1. The fourth-order valence-electron chi connectivity index (χ4n) is 0.883. The average molecular weight is 156 g/mol. The van der Waals surface area contributed by atoms with E-state index in [2.05, 4.69) is 5.32 Å². The van der Waals surface area contributed by atoms with Gasteiger partial charge in [-0.2, -0.15) is 0 Å². The summed E-state index contributed by atoms with van der Waals surface area (Å²) in [4.78, 5) is 11.1. The normalized spacial score (nSPS) is 19.5. The number of nitrogens with two attached hydrogens (primary N) is 1. The second kappa shape index (κ2) is 3.72. The Balaban J connectivity index is 2.08. The van der Waals surface area contributed by atoms with Crippen molar-refractivity contribution >= 4 is 5.91 Å². The van der Waals surface area contributed by atoms with Gasteiger partial charge in [-0.05, 0) is 25.2 Å². The van der Waals surface area contributed by atoms with E-state index < -0.39 is 0 Å². The van der Waals surface area contributed by atoms with Gasteiger partial charge in [-0.3, -0.25) is 4.79 Å². The molecule has 0 aromatic heterocycles. The van der Waals surface area contributed by atoms with Gasteiger partial charge >= 0.3 is 0 Å². The molecule has 1 rings (SSSR count). The molecule has 11 heavy (non-hydrogen) atoms. The van der Waals surface area contributed by atoms with E-state index in [-0.39, 0.29) is 11.9 Å². The Morgan fingerprint density at radius 2 is 2.36 bits per heavy atom. The zero-order valence-corrected chi connectivity index (χ0v) is 6.97. The highest BCUT2D eigenvalue weighted by molar-refractivity contribution is 5.81. The van der Waals surface area contributed by atoms with Crippen LogP contribution in [0.15, 0.2) is 0 Å². The molecule has 0 aromatic rings. The number of amides is 1. The molecule has 1 fully saturated rings. The van der Waals surface area contributed by atoms with Crippen molar-refractivity contribution in [2.24, 2.45) is 11.7 Å². The largest absolute Gasteiger partial charge is 0.354 e. The van der Waals surface area contributed by atoms with E-state index >= 15 is 0 Å². The third kappa shape index (κ3) is 2.89. The smallest absolute Gasteiger partial charge is 0.236 e. The predicted octanol–water partition coefficient (Wildman–Crippen LogP) is 0.250. The van der Waals surface area contributed by atoms with Crippen molar-refractivity contribution in [1.29, 1.82) is 0 Å². The first kappa shape index (κ1) is 8.53. The Morgan fingerprint density at radius 3 is 2.82 bits per heavy atom. The molecule has 1 aliphatic carbocycles. The highest BCUT2D eigenvalue weighted by atomic mass is 16.2. The van der Waals surface area contributed by atoms with Crippen molar-refractivity contribution in [3.05, 3.63) is 0 Å². The van der Waals surface area contributed by atoms with Gasteiger partial charge in [-0.15, -0.1) is 0 Å². The van der Waals surface area contributed by atoms with E-state index in [1.165, 1.54) is 12.8 Å². The zero-order chi connectivity index (χ0) is 8.27. The molecule has 1 aliphatic rings. The van der Waals surface area contributed by atoms with Crippen LogP contribution in [0.2, 0.25) is 0 Å². The lowest BCUT2D eigenvalue weighted by atomic mass is 10.2. The van der Waals surface area contributed by atoms with Gasteiger partial charge < -0.3 is 11.1 Å². The second-order valence-electron chi connectivity index (χ2n) is 3.20. The maximum atomic E-state index is 11.1. The number of rotatable bonds is 4. The maximum Gasteiger partial charge on any atom is 0.236 e. The summed E-state index contributed by atoms with van der Waals surface area (Å²) in [6.45, 7) is 2.74. The number of nitrogens with one attached hydrogen (secondary N) is 1. The van der Waals surface area contributed by atoms with E-state index in [0.717, 1.165) is 18.9 Å². The quantitative estimate of drug-likeness (QED) is 0.613. The van der Waals surface area contributed by atoms with Crippen molar-refractivity contribution in [3.8, 4) is 0 Å². The first-order chi connectivity index (χ1) is 5.24. The average Bonchev–Trinajstić information content (AvgIpc) is 2.81. The van der Waals surface area contributed by atoms with E-state index in [1.807, 2.05) is 6.92 Å². The minimum absolute atomic E-state index is 0.000556. The van der Waals surface area contributed by atoms with E-state index in [9.17, 15) is 4.79 Å². The summed E-state index contributed by atoms with van der Waals surface area (Å²) in [5, 5.41) is 2.83. The Hall–Kier alpha value is -0.570. The van der Waals surface area contributed by atoms with E-state index in [1.54, 1.807) is 0 Å². The van der Waals surface area contributed by atoms with Gasteiger partial charge in [0, 0.05) is 6.54 Å². The fourth-order valence-corrected chi connectivity index (χ4v) is 0.883. The lowest BCUT2D eigenvalue weighted by Crippen LogP contribution is -2.40. The van der Waals surface area contributed by atoms with Crippen molar-refractivity contribution in [1.82, 2.24) is 5.32 Å². The van der Waals surface area contributed by atoms with Crippen LogP contribution in [-0.4, -0.2) is 18.5 Å². The van der Waals surface area contributed by atoms with Crippen molar-refractivity contribution in [2.45, 2.75) is 32.2 Å². The van der Waals surface area contributed by atoms with Gasteiger partial charge in [0.15, 0.2) is 0 Å². The van der Waals surface area contributed by atoms with Crippen LogP contribution in [0.1, 0.15) is 26.2 Å². The molecule has 0 aromatic carbocycles. The van der Waals surface area contributed by atoms with Crippen LogP contribution in [0.3, 0.4) is 0 Å². The summed E-state index contributed by atoms with van der Waals surface area (Å²) in [6, 6.07) is -0.311. The van der Waals surface area contributed by atoms with Crippen LogP contribution in [0.25, 0.3) is 0 Å². The van der Waals surface area contributed by atoms with Gasteiger partial charge in [-0.25, -0.2) is 0 Å². The number of hydrogen-bond donors (Lipinski definition) is 2. The molecule has 0 heterocycles. The molecule has 1 saturated carbocycles. The Kier molecular flexibility index (Phi) is 2.88. The Bertz CT molecular complexity index is 143. The Morgan fingerprint density at radius 1 is 1.73 bits per heavy atom. The fraction of sp³-hybridized carbons (Fsp3) is 0.875. The molecule has 3 nitrogen and oxygen atoms in total. The van der Waals surface area contributed by atoms with Crippen LogP contribution in [0.4, 0.5) is 0 Å². The summed E-state index contributed by atoms with van der Waals surface area (Å²) in [6.07, 6.45) is 3.25. The molecule has 1 amide bonds. The van der Waals surface area contributed by atoms with Crippen LogP contribution in [0.5, 0.6) is 0 Å². The van der Waals surface area contributed by atoms with Gasteiger partial charge in [0.05, 0.1) is 6.04 Å². The van der Waals surface area contributed by atoms with Crippen LogP contribution in [0, 0.1) is 5.92 Å².